The second-order valence-corrected chi connectivity index (χ2v) is 9.11. The van der Waals surface area contributed by atoms with E-state index in [2.05, 4.69) is 26.0 Å². The van der Waals surface area contributed by atoms with Crippen molar-refractivity contribution < 1.29 is 14.7 Å². The van der Waals surface area contributed by atoms with Gasteiger partial charge in [-0.05, 0) is 48.2 Å². The number of carbonyl (C=O) groups is 2. The minimum Gasteiger partial charge on any atom is -0.481 e. The third-order valence-electron chi connectivity index (χ3n) is 5.52. The summed E-state index contributed by atoms with van der Waals surface area (Å²) >= 11 is 9.95. The summed E-state index contributed by atoms with van der Waals surface area (Å²) in [4.78, 5) is 28.4. The maximum atomic E-state index is 12.8. The Kier molecular flexibility index (Phi) is 6.58. The number of carboxylic acids is 1. The van der Waals surface area contributed by atoms with Gasteiger partial charge in [0.2, 0.25) is 5.91 Å². The van der Waals surface area contributed by atoms with E-state index in [-0.39, 0.29) is 24.8 Å². The summed E-state index contributed by atoms with van der Waals surface area (Å²) in [6.45, 7) is 1.99. The number of carboxylic acid groups (broad SMARTS) is 1. The van der Waals surface area contributed by atoms with Gasteiger partial charge in [0, 0.05) is 22.7 Å². The molecule has 1 unspecified atom stereocenters. The van der Waals surface area contributed by atoms with Gasteiger partial charge in [0.15, 0.2) is 0 Å². The van der Waals surface area contributed by atoms with Crippen LogP contribution in [-0.2, 0) is 16.0 Å². The summed E-state index contributed by atoms with van der Waals surface area (Å²) in [5.74, 6) is -1.33. The molecule has 8 heteroatoms. The van der Waals surface area contributed by atoms with Crippen molar-refractivity contribution in [3.63, 3.8) is 0 Å². The largest absolute Gasteiger partial charge is 0.481 e. The molecule has 0 bridgehead atoms. The van der Waals surface area contributed by atoms with E-state index in [9.17, 15) is 9.59 Å². The Bertz CT molecular complexity index is 1230. The third-order valence-corrected chi connectivity index (χ3v) is 6.37. The minimum atomic E-state index is -1.01. The number of aliphatic carboxylic acids is 1. The molecule has 1 aliphatic heterocycles. The number of fused-ring (bicyclic) bond motifs is 1. The number of hydrogen-bond donors (Lipinski definition) is 1. The van der Waals surface area contributed by atoms with Crippen LogP contribution in [0.5, 0.6) is 0 Å². The first-order chi connectivity index (χ1) is 15.3. The molecule has 2 heterocycles. The van der Waals surface area contributed by atoms with Gasteiger partial charge in [-0.1, -0.05) is 57.9 Å². The molecule has 1 atom stereocenters. The summed E-state index contributed by atoms with van der Waals surface area (Å²) in [6, 6.07) is 15.4. The van der Waals surface area contributed by atoms with Crippen LogP contribution in [-0.4, -0.2) is 38.7 Å². The van der Waals surface area contributed by atoms with Crippen molar-refractivity contribution in [2.75, 3.05) is 0 Å². The molecule has 0 spiro atoms. The lowest BCUT2D eigenvalue weighted by molar-refractivity contribution is -0.141. The van der Waals surface area contributed by atoms with Crippen molar-refractivity contribution in [1.82, 2.24) is 9.99 Å². The lowest BCUT2D eigenvalue weighted by atomic mass is 9.98. The lowest BCUT2D eigenvalue weighted by Crippen LogP contribution is -2.34. The maximum absolute atomic E-state index is 12.8. The Morgan fingerprint density at radius 1 is 1.19 bits per heavy atom. The van der Waals surface area contributed by atoms with Crippen LogP contribution in [0, 0.1) is 6.92 Å². The van der Waals surface area contributed by atoms with Crippen LogP contribution in [0.1, 0.15) is 36.0 Å². The standard InChI is InChI=1S/C24H21BrClN3O3/c1-14-3-2-4-16-11-17(24(26)27-23(14)16)12-19-13-20(15-5-7-18(25)8-6-15)28-29(19)21(30)9-10-22(31)32/h2-8,11,19H,9-10,12-13H2,1H3,(H,31,32). The van der Waals surface area contributed by atoms with E-state index in [1.807, 2.05) is 55.5 Å². The van der Waals surface area contributed by atoms with Crippen LogP contribution >= 0.6 is 27.5 Å². The topological polar surface area (TPSA) is 82.9 Å². The van der Waals surface area contributed by atoms with Gasteiger partial charge < -0.3 is 5.11 Å². The molecular weight excluding hydrogens is 494 g/mol. The number of aryl methyl sites for hydroxylation is 1. The molecule has 2 aromatic carbocycles. The molecule has 1 amide bonds. The Morgan fingerprint density at radius 2 is 1.94 bits per heavy atom. The predicted octanol–water partition coefficient (Wildman–Crippen LogP) is 5.37. The van der Waals surface area contributed by atoms with Gasteiger partial charge >= 0.3 is 5.97 Å². The zero-order valence-electron chi connectivity index (χ0n) is 17.4. The number of halogens is 2. The van der Waals surface area contributed by atoms with Crippen molar-refractivity contribution in [3.05, 3.63) is 74.8 Å². The highest BCUT2D eigenvalue weighted by molar-refractivity contribution is 9.10. The average Bonchev–Trinajstić information content (AvgIpc) is 3.17. The zero-order valence-corrected chi connectivity index (χ0v) is 19.7. The molecule has 1 N–H and O–H groups in total. The molecule has 1 aliphatic rings. The van der Waals surface area contributed by atoms with Crippen molar-refractivity contribution in [2.24, 2.45) is 5.10 Å². The fraction of sp³-hybridized carbons (Fsp3) is 0.250. The van der Waals surface area contributed by atoms with Gasteiger partial charge in [-0.25, -0.2) is 9.99 Å². The van der Waals surface area contributed by atoms with Crippen LogP contribution in [0.2, 0.25) is 5.15 Å². The van der Waals surface area contributed by atoms with Crippen molar-refractivity contribution in [2.45, 2.75) is 38.6 Å². The van der Waals surface area contributed by atoms with Crippen LogP contribution in [0.4, 0.5) is 0 Å². The van der Waals surface area contributed by atoms with E-state index in [1.165, 1.54) is 5.01 Å². The highest BCUT2D eigenvalue weighted by atomic mass is 79.9. The minimum absolute atomic E-state index is 0.105. The van der Waals surface area contributed by atoms with Gasteiger partial charge in [0.1, 0.15) is 5.15 Å². The van der Waals surface area contributed by atoms with Crippen LogP contribution in [0.25, 0.3) is 10.9 Å². The summed E-state index contributed by atoms with van der Waals surface area (Å²) < 4.78 is 0.954. The van der Waals surface area contributed by atoms with Gasteiger partial charge in [0.05, 0.1) is 23.7 Å². The number of carbonyl (C=O) groups excluding carboxylic acids is 1. The van der Waals surface area contributed by atoms with E-state index < -0.39 is 5.97 Å². The molecular formula is C24H21BrClN3O3. The molecule has 4 rings (SSSR count). The molecule has 164 valence electrons. The number of rotatable bonds is 6. The molecule has 6 nitrogen and oxygen atoms in total. The van der Waals surface area contributed by atoms with Gasteiger partial charge in [-0.3, -0.25) is 9.59 Å². The molecule has 0 saturated carbocycles. The van der Waals surface area contributed by atoms with E-state index >= 15 is 0 Å². The van der Waals surface area contributed by atoms with Crippen LogP contribution < -0.4 is 0 Å². The summed E-state index contributed by atoms with van der Waals surface area (Å²) in [5, 5.41) is 16.4. The molecule has 0 fully saturated rings. The first-order valence-electron chi connectivity index (χ1n) is 10.2. The maximum Gasteiger partial charge on any atom is 0.303 e. The van der Waals surface area contributed by atoms with Gasteiger partial charge in [-0.15, -0.1) is 0 Å². The van der Waals surface area contributed by atoms with Crippen molar-refractivity contribution in [1.29, 1.82) is 0 Å². The van der Waals surface area contributed by atoms with Crippen LogP contribution in [0.3, 0.4) is 0 Å². The van der Waals surface area contributed by atoms with E-state index in [4.69, 9.17) is 16.7 Å². The lowest BCUT2D eigenvalue weighted by Gasteiger charge is -2.22. The Morgan fingerprint density at radius 3 is 2.66 bits per heavy atom. The average molecular weight is 515 g/mol. The molecule has 0 radical (unpaired) electrons. The van der Waals surface area contributed by atoms with Crippen molar-refractivity contribution in [3.8, 4) is 0 Å². The first-order valence-corrected chi connectivity index (χ1v) is 11.4. The van der Waals surface area contributed by atoms with E-state index in [0.29, 0.717) is 18.0 Å². The number of para-hydroxylation sites is 1. The Balaban J connectivity index is 1.64. The van der Waals surface area contributed by atoms with Crippen LogP contribution in [0.15, 0.2) is 58.1 Å². The van der Waals surface area contributed by atoms with Gasteiger partial charge in [-0.2, -0.15) is 5.10 Å². The monoisotopic (exact) mass is 513 g/mol. The molecule has 1 aromatic heterocycles. The van der Waals surface area contributed by atoms with Gasteiger partial charge in [0.25, 0.3) is 0 Å². The quantitative estimate of drug-likeness (QED) is 0.448. The number of hydrazone groups is 1. The zero-order chi connectivity index (χ0) is 22.8. The fourth-order valence-corrected chi connectivity index (χ4v) is 4.37. The Hall–Kier alpha value is -2.77. The van der Waals surface area contributed by atoms with Crippen molar-refractivity contribution >= 4 is 56.0 Å². The fourth-order valence-electron chi connectivity index (χ4n) is 3.89. The second kappa shape index (κ2) is 9.38. The number of aromatic nitrogens is 1. The second-order valence-electron chi connectivity index (χ2n) is 7.83. The number of hydrogen-bond acceptors (Lipinski definition) is 4. The molecule has 3 aromatic rings. The SMILES string of the molecule is Cc1cccc2cc(CC3CC(c4ccc(Br)cc4)=NN3C(=O)CCC(=O)O)c(Cl)nc12. The number of nitrogens with zero attached hydrogens (tertiary/aromatic N) is 3. The highest BCUT2D eigenvalue weighted by Gasteiger charge is 2.32. The van der Waals surface area contributed by atoms with E-state index in [1.54, 1.807) is 0 Å². The third kappa shape index (κ3) is 4.84. The summed E-state index contributed by atoms with van der Waals surface area (Å²) in [7, 11) is 0. The highest BCUT2D eigenvalue weighted by Crippen LogP contribution is 2.29. The number of benzene rings is 2. The molecule has 0 aliphatic carbocycles. The van der Waals surface area contributed by atoms with E-state index in [0.717, 1.165) is 37.8 Å². The smallest absolute Gasteiger partial charge is 0.303 e. The molecule has 0 saturated heterocycles. The predicted molar refractivity (Wildman–Crippen MR) is 128 cm³/mol. The normalized spacial score (nSPS) is 15.8. The molecule has 32 heavy (non-hydrogen) atoms. The Labute approximate surface area is 199 Å². The summed E-state index contributed by atoms with van der Waals surface area (Å²) in [5.41, 5.74) is 4.44. The number of pyridine rings is 1. The summed E-state index contributed by atoms with van der Waals surface area (Å²) in [6.07, 6.45) is 0.676. The first kappa shape index (κ1) is 22.4. The number of amides is 1.